The second-order valence-electron chi connectivity index (χ2n) is 9.03. The van der Waals surface area contributed by atoms with Gasteiger partial charge in [0.15, 0.2) is 0 Å². The number of hydrogen-bond donors (Lipinski definition) is 1. The Hall–Kier alpha value is -2.82. The van der Waals surface area contributed by atoms with Crippen molar-refractivity contribution in [2.75, 3.05) is 6.61 Å². The number of fused-ring (bicyclic) bond motifs is 1. The molecule has 0 aliphatic carbocycles. The molecule has 30 heavy (non-hydrogen) atoms. The van der Waals surface area contributed by atoms with Crippen LogP contribution in [0.3, 0.4) is 0 Å². The van der Waals surface area contributed by atoms with E-state index in [1.54, 1.807) is 0 Å². The van der Waals surface area contributed by atoms with E-state index < -0.39 is 5.41 Å². The van der Waals surface area contributed by atoms with E-state index in [9.17, 15) is 4.79 Å². The largest absolute Gasteiger partial charge is 0.493 e. The van der Waals surface area contributed by atoms with E-state index >= 15 is 0 Å². The van der Waals surface area contributed by atoms with E-state index in [0.29, 0.717) is 6.61 Å². The molecule has 0 aliphatic heterocycles. The highest BCUT2D eigenvalue weighted by Crippen LogP contribution is 2.24. The Labute approximate surface area is 179 Å². The van der Waals surface area contributed by atoms with Crippen LogP contribution in [0.1, 0.15) is 57.1 Å². The number of aromatic nitrogens is 2. The molecule has 5 heteroatoms. The lowest BCUT2D eigenvalue weighted by Crippen LogP contribution is -2.37. The number of carbonyl (C=O) groups is 1. The lowest BCUT2D eigenvalue weighted by atomic mass is 9.95. The van der Waals surface area contributed by atoms with Crippen LogP contribution in [0, 0.1) is 19.3 Å². The van der Waals surface area contributed by atoms with Crippen molar-refractivity contribution in [1.29, 1.82) is 0 Å². The lowest BCUT2D eigenvalue weighted by molar-refractivity contribution is -0.129. The molecule has 160 valence electrons. The fraction of sp³-hybridized carbons (Fsp3) is 0.440. The third kappa shape index (κ3) is 5.02. The number of rotatable bonds is 7. The fourth-order valence-electron chi connectivity index (χ4n) is 3.41. The Bertz CT molecular complexity index is 1030. The summed E-state index contributed by atoms with van der Waals surface area (Å²) in [6.45, 7) is 13.3. The first-order chi connectivity index (χ1) is 14.2. The first-order valence-corrected chi connectivity index (χ1v) is 10.6. The van der Waals surface area contributed by atoms with Crippen LogP contribution in [0.15, 0.2) is 42.5 Å². The van der Waals surface area contributed by atoms with E-state index in [1.165, 1.54) is 5.56 Å². The van der Waals surface area contributed by atoms with Crippen molar-refractivity contribution in [3.63, 3.8) is 0 Å². The summed E-state index contributed by atoms with van der Waals surface area (Å²) in [7, 11) is 0. The number of hydrogen-bond acceptors (Lipinski definition) is 3. The predicted molar refractivity (Wildman–Crippen MR) is 122 cm³/mol. The van der Waals surface area contributed by atoms with Crippen LogP contribution in [-0.2, 0) is 11.3 Å². The first kappa shape index (κ1) is 21.9. The Morgan fingerprint density at radius 1 is 1.17 bits per heavy atom. The summed E-state index contributed by atoms with van der Waals surface area (Å²) in [4.78, 5) is 17.3. The molecule has 0 spiro atoms. The number of nitrogens with one attached hydrogen (secondary N) is 1. The minimum atomic E-state index is -0.440. The molecule has 0 saturated carbocycles. The highest BCUT2D eigenvalue weighted by atomic mass is 16.5. The molecule has 3 rings (SSSR count). The van der Waals surface area contributed by atoms with Crippen LogP contribution in [0.25, 0.3) is 11.0 Å². The van der Waals surface area contributed by atoms with Gasteiger partial charge in [-0.25, -0.2) is 4.98 Å². The summed E-state index contributed by atoms with van der Waals surface area (Å²) in [5.41, 5.74) is 3.93. The SMILES string of the molecule is Cc1ccc(C)c(OCCCn2c(C(C)NC(=O)C(C)(C)C)nc3ccccc32)c1. The smallest absolute Gasteiger partial charge is 0.225 e. The predicted octanol–water partition coefficient (Wildman–Crippen LogP) is 5.35. The average molecular weight is 408 g/mol. The average Bonchev–Trinajstić information content (AvgIpc) is 3.06. The third-order valence-corrected chi connectivity index (χ3v) is 5.23. The molecule has 1 atom stereocenters. The van der Waals surface area contributed by atoms with Gasteiger partial charge in [0.1, 0.15) is 11.6 Å². The standard InChI is InChI=1S/C25H33N3O2/c1-17-12-13-18(2)22(16-17)30-15-9-14-28-21-11-8-7-10-20(21)27-23(28)19(3)26-24(29)25(4,5)6/h7-8,10-13,16,19H,9,14-15H2,1-6H3,(H,26,29). The van der Waals surface area contributed by atoms with Gasteiger partial charge in [0.05, 0.1) is 23.7 Å². The van der Waals surface area contributed by atoms with Crippen molar-refractivity contribution in [3.8, 4) is 5.75 Å². The molecule has 1 amide bonds. The molecule has 5 nitrogen and oxygen atoms in total. The zero-order chi connectivity index (χ0) is 21.9. The summed E-state index contributed by atoms with van der Waals surface area (Å²) >= 11 is 0. The van der Waals surface area contributed by atoms with Crippen LogP contribution < -0.4 is 10.1 Å². The van der Waals surface area contributed by atoms with Crippen LogP contribution in [0.5, 0.6) is 5.75 Å². The molecule has 0 radical (unpaired) electrons. The quantitative estimate of drug-likeness (QED) is 0.538. The maximum Gasteiger partial charge on any atom is 0.225 e. The van der Waals surface area contributed by atoms with Crippen molar-refractivity contribution in [2.45, 2.75) is 60.5 Å². The van der Waals surface area contributed by atoms with Crippen molar-refractivity contribution in [3.05, 3.63) is 59.4 Å². The number of ether oxygens (including phenoxy) is 1. The minimum absolute atomic E-state index is 0.0202. The maximum absolute atomic E-state index is 12.5. The minimum Gasteiger partial charge on any atom is -0.493 e. The summed E-state index contributed by atoms with van der Waals surface area (Å²) < 4.78 is 8.24. The van der Waals surface area contributed by atoms with Crippen LogP contribution in [0.2, 0.25) is 0 Å². The van der Waals surface area contributed by atoms with Gasteiger partial charge in [0.25, 0.3) is 0 Å². The van der Waals surface area contributed by atoms with Crippen molar-refractivity contribution < 1.29 is 9.53 Å². The Kier molecular flexibility index (Phi) is 6.49. The first-order valence-electron chi connectivity index (χ1n) is 10.6. The normalized spacial score (nSPS) is 12.7. The number of imidazole rings is 1. The second kappa shape index (κ2) is 8.90. The Morgan fingerprint density at radius 3 is 2.63 bits per heavy atom. The number of nitrogens with zero attached hydrogens (tertiary/aromatic N) is 2. The highest BCUT2D eigenvalue weighted by Gasteiger charge is 2.25. The molecule has 1 unspecified atom stereocenters. The van der Waals surface area contributed by atoms with Crippen molar-refractivity contribution in [1.82, 2.24) is 14.9 Å². The van der Waals surface area contributed by atoms with Gasteiger partial charge in [0.2, 0.25) is 5.91 Å². The molecule has 0 bridgehead atoms. The summed E-state index contributed by atoms with van der Waals surface area (Å²) in [5, 5.41) is 3.11. The van der Waals surface area contributed by atoms with Crippen LogP contribution >= 0.6 is 0 Å². The number of para-hydroxylation sites is 2. The van der Waals surface area contributed by atoms with E-state index in [2.05, 4.69) is 48.0 Å². The molecule has 1 N–H and O–H groups in total. The molecule has 1 aromatic heterocycles. The van der Waals surface area contributed by atoms with E-state index in [4.69, 9.17) is 9.72 Å². The van der Waals surface area contributed by atoms with Gasteiger partial charge >= 0.3 is 0 Å². The highest BCUT2D eigenvalue weighted by molar-refractivity contribution is 5.82. The number of amides is 1. The van der Waals surface area contributed by atoms with Gasteiger partial charge in [-0.3, -0.25) is 4.79 Å². The maximum atomic E-state index is 12.5. The Morgan fingerprint density at radius 2 is 1.90 bits per heavy atom. The molecule has 0 aliphatic rings. The summed E-state index contributed by atoms with van der Waals surface area (Å²) in [5.74, 6) is 1.84. The molecule has 1 heterocycles. The fourth-order valence-corrected chi connectivity index (χ4v) is 3.41. The van der Waals surface area contributed by atoms with E-state index in [1.807, 2.05) is 45.9 Å². The number of carbonyl (C=O) groups excluding carboxylic acids is 1. The molecule has 0 saturated heterocycles. The molecular formula is C25H33N3O2. The molecule has 2 aromatic carbocycles. The Balaban J connectivity index is 1.74. The summed E-state index contributed by atoms with van der Waals surface area (Å²) in [6, 6.07) is 14.2. The van der Waals surface area contributed by atoms with Gasteiger partial charge in [-0.05, 0) is 56.5 Å². The number of aryl methyl sites for hydroxylation is 3. The van der Waals surface area contributed by atoms with Gasteiger partial charge < -0.3 is 14.6 Å². The zero-order valence-corrected chi connectivity index (χ0v) is 19.0. The lowest BCUT2D eigenvalue weighted by Gasteiger charge is -2.22. The van der Waals surface area contributed by atoms with Gasteiger partial charge in [-0.1, -0.05) is 45.0 Å². The van der Waals surface area contributed by atoms with E-state index in [0.717, 1.165) is 41.1 Å². The van der Waals surface area contributed by atoms with Gasteiger partial charge in [0, 0.05) is 12.0 Å². The van der Waals surface area contributed by atoms with E-state index in [-0.39, 0.29) is 11.9 Å². The van der Waals surface area contributed by atoms with Crippen LogP contribution in [0.4, 0.5) is 0 Å². The summed E-state index contributed by atoms with van der Waals surface area (Å²) in [6.07, 6.45) is 0.848. The molecular weight excluding hydrogens is 374 g/mol. The number of benzene rings is 2. The van der Waals surface area contributed by atoms with Crippen LogP contribution in [-0.4, -0.2) is 22.1 Å². The molecule has 3 aromatic rings. The second-order valence-corrected chi connectivity index (χ2v) is 9.03. The molecule has 0 fully saturated rings. The van der Waals surface area contributed by atoms with Gasteiger partial charge in [-0.15, -0.1) is 0 Å². The third-order valence-electron chi connectivity index (χ3n) is 5.23. The topological polar surface area (TPSA) is 56.1 Å². The zero-order valence-electron chi connectivity index (χ0n) is 19.0. The van der Waals surface area contributed by atoms with Gasteiger partial charge in [-0.2, -0.15) is 0 Å². The van der Waals surface area contributed by atoms with Crippen molar-refractivity contribution >= 4 is 16.9 Å². The monoisotopic (exact) mass is 407 g/mol. The van der Waals surface area contributed by atoms with Crippen molar-refractivity contribution in [2.24, 2.45) is 5.41 Å².